The van der Waals surface area contributed by atoms with Crippen molar-refractivity contribution in [2.24, 2.45) is 0 Å². The average Bonchev–Trinajstić information content (AvgIpc) is 2.79. The predicted octanol–water partition coefficient (Wildman–Crippen LogP) is 3.07. The molecule has 1 N–H and O–H groups in total. The van der Waals surface area contributed by atoms with Crippen LogP contribution in [-0.2, 0) is 0 Å². The van der Waals surface area contributed by atoms with Gasteiger partial charge in [0.25, 0.3) is 0 Å². The highest BCUT2D eigenvalue weighted by Crippen LogP contribution is 2.28. The van der Waals surface area contributed by atoms with Crippen LogP contribution >= 0.6 is 24.8 Å². The Morgan fingerprint density at radius 1 is 1.04 bits per heavy atom. The van der Waals surface area contributed by atoms with Gasteiger partial charge in [-0.25, -0.2) is 0 Å². The van der Waals surface area contributed by atoms with E-state index in [9.17, 15) is 0 Å². The zero-order valence-corrected chi connectivity index (χ0v) is 18.2. The lowest BCUT2D eigenvalue weighted by atomic mass is 9.86. The molecule has 0 aliphatic carbocycles. The van der Waals surface area contributed by atoms with Crippen molar-refractivity contribution in [3.8, 4) is 11.5 Å². The molecule has 0 amide bonds. The maximum Gasteiger partial charge on any atom is 0.119 e. The number of rotatable bonds is 6. The van der Waals surface area contributed by atoms with Crippen LogP contribution in [0.5, 0.6) is 11.5 Å². The molecule has 2 fully saturated rings. The number of ether oxygens (including phenoxy) is 2. The van der Waals surface area contributed by atoms with Crippen molar-refractivity contribution in [3.05, 3.63) is 24.3 Å². The Kier molecular flexibility index (Phi) is 10.8. The van der Waals surface area contributed by atoms with Gasteiger partial charge in [-0.05, 0) is 83.2 Å². The Morgan fingerprint density at radius 2 is 1.70 bits per heavy atom. The molecule has 3 rings (SSSR count). The van der Waals surface area contributed by atoms with Gasteiger partial charge < -0.3 is 19.7 Å². The first-order chi connectivity index (χ1) is 12.2. The zero-order chi connectivity index (χ0) is 17.5. The fourth-order valence-corrected chi connectivity index (χ4v) is 4.16. The third-order valence-corrected chi connectivity index (χ3v) is 5.78. The lowest BCUT2D eigenvalue weighted by Crippen LogP contribution is -2.57. The molecule has 27 heavy (non-hydrogen) atoms. The highest BCUT2D eigenvalue weighted by atomic mass is 35.5. The van der Waals surface area contributed by atoms with E-state index in [2.05, 4.69) is 22.2 Å². The lowest BCUT2D eigenvalue weighted by Gasteiger charge is -2.45. The summed E-state index contributed by atoms with van der Waals surface area (Å²) in [5.74, 6) is 1.79. The Morgan fingerprint density at radius 3 is 2.37 bits per heavy atom. The minimum atomic E-state index is 0. The molecule has 2 heterocycles. The molecular formula is C20H35Cl2N3O2. The number of nitrogens with zero attached hydrogens (tertiary/aromatic N) is 2. The second kappa shape index (κ2) is 12.0. The summed E-state index contributed by atoms with van der Waals surface area (Å²) in [6.07, 6.45) is 4.87. The Labute approximate surface area is 176 Å². The quantitative estimate of drug-likeness (QED) is 0.716. The number of nitrogens with one attached hydrogen (secondary N) is 1. The smallest absolute Gasteiger partial charge is 0.119 e. The van der Waals surface area contributed by atoms with Crippen LogP contribution in [0.2, 0.25) is 0 Å². The lowest BCUT2D eigenvalue weighted by molar-refractivity contribution is 0.0643. The normalized spacial score (nSPS) is 20.2. The second-order valence-corrected chi connectivity index (χ2v) is 7.40. The molecule has 156 valence electrons. The fourth-order valence-electron chi connectivity index (χ4n) is 4.16. The maximum absolute atomic E-state index is 5.88. The summed E-state index contributed by atoms with van der Waals surface area (Å²) < 4.78 is 11.1. The van der Waals surface area contributed by atoms with Gasteiger partial charge in [-0.2, -0.15) is 0 Å². The van der Waals surface area contributed by atoms with Gasteiger partial charge in [-0.1, -0.05) is 0 Å². The second-order valence-electron chi connectivity index (χ2n) is 7.40. The maximum atomic E-state index is 5.88. The molecule has 0 radical (unpaired) electrons. The first-order valence-electron chi connectivity index (χ1n) is 9.63. The van der Waals surface area contributed by atoms with Gasteiger partial charge in [0.2, 0.25) is 0 Å². The van der Waals surface area contributed by atoms with Gasteiger partial charge in [0.1, 0.15) is 11.5 Å². The summed E-state index contributed by atoms with van der Waals surface area (Å²) in [7, 11) is 4.01. The largest absolute Gasteiger partial charge is 0.497 e. The minimum absolute atomic E-state index is 0. The summed E-state index contributed by atoms with van der Waals surface area (Å²) >= 11 is 0. The van der Waals surface area contributed by atoms with E-state index in [1.54, 1.807) is 7.11 Å². The molecule has 2 aliphatic rings. The van der Waals surface area contributed by atoms with E-state index in [4.69, 9.17) is 9.47 Å². The molecule has 0 atom stereocenters. The molecule has 5 nitrogen and oxygen atoms in total. The van der Waals surface area contributed by atoms with Crippen molar-refractivity contribution in [1.29, 1.82) is 0 Å². The summed E-state index contributed by atoms with van der Waals surface area (Å²) in [5, 5.41) is 3.52. The van der Waals surface area contributed by atoms with E-state index in [1.165, 1.54) is 38.9 Å². The molecular weight excluding hydrogens is 385 g/mol. The monoisotopic (exact) mass is 419 g/mol. The van der Waals surface area contributed by atoms with E-state index in [1.807, 2.05) is 24.3 Å². The number of halogens is 2. The van der Waals surface area contributed by atoms with Crippen LogP contribution in [0.1, 0.15) is 25.7 Å². The topological polar surface area (TPSA) is 37.0 Å². The molecule has 1 aromatic rings. The van der Waals surface area contributed by atoms with E-state index in [-0.39, 0.29) is 24.8 Å². The summed E-state index contributed by atoms with van der Waals surface area (Å²) in [6.45, 7) is 7.83. The van der Waals surface area contributed by atoms with Gasteiger partial charge in [0, 0.05) is 18.6 Å². The van der Waals surface area contributed by atoms with Crippen molar-refractivity contribution in [3.63, 3.8) is 0 Å². The van der Waals surface area contributed by atoms with Crippen LogP contribution in [0.3, 0.4) is 0 Å². The van der Waals surface area contributed by atoms with E-state index in [0.717, 1.165) is 44.2 Å². The van der Waals surface area contributed by atoms with Crippen LogP contribution in [0.15, 0.2) is 24.3 Å². The van der Waals surface area contributed by atoms with E-state index in [0.29, 0.717) is 5.54 Å². The molecule has 1 spiro atoms. The van der Waals surface area contributed by atoms with Crippen LogP contribution in [-0.4, -0.2) is 75.4 Å². The molecule has 2 aliphatic heterocycles. The van der Waals surface area contributed by atoms with Crippen molar-refractivity contribution < 1.29 is 9.47 Å². The van der Waals surface area contributed by atoms with Crippen LogP contribution < -0.4 is 14.8 Å². The van der Waals surface area contributed by atoms with Gasteiger partial charge in [0.05, 0.1) is 13.7 Å². The SMILES string of the molecule is COc1ccc(OCCCN2CCCN(C)C3(CCNCC3)C2)cc1.Cl.Cl. The molecule has 2 saturated heterocycles. The van der Waals surface area contributed by atoms with Crippen molar-refractivity contribution in [1.82, 2.24) is 15.1 Å². The number of hydrogen-bond donors (Lipinski definition) is 1. The predicted molar refractivity (Wildman–Crippen MR) is 116 cm³/mol. The molecule has 0 unspecified atom stereocenters. The van der Waals surface area contributed by atoms with Crippen molar-refractivity contribution in [2.45, 2.75) is 31.2 Å². The van der Waals surface area contributed by atoms with E-state index < -0.39 is 0 Å². The van der Waals surface area contributed by atoms with Crippen LogP contribution in [0, 0.1) is 0 Å². The molecule has 7 heteroatoms. The van der Waals surface area contributed by atoms with Crippen LogP contribution in [0.4, 0.5) is 0 Å². The standard InChI is InChI=1S/C20H33N3O2.2ClH/c1-22-13-3-14-23(17-20(22)9-11-21-12-10-20)15-4-16-25-19-7-5-18(24-2)6-8-19;;/h5-8,21H,3-4,9-17H2,1-2H3;2*1H. The first-order valence-corrected chi connectivity index (χ1v) is 9.63. The molecule has 0 saturated carbocycles. The zero-order valence-electron chi connectivity index (χ0n) is 16.6. The van der Waals surface area contributed by atoms with Gasteiger partial charge in [-0.15, -0.1) is 24.8 Å². The van der Waals surface area contributed by atoms with Gasteiger partial charge in [-0.3, -0.25) is 4.90 Å². The third-order valence-electron chi connectivity index (χ3n) is 5.78. The number of methoxy groups -OCH3 is 1. The Balaban J connectivity index is 0.00000182. The molecule has 1 aromatic carbocycles. The van der Waals surface area contributed by atoms with Crippen molar-refractivity contribution >= 4 is 24.8 Å². The highest BCUT2D eigenvalue weighted by Gasteiger charge is 2.38. The van der Waals surface area contributed by atoms with E-state index >= 15 is 0 Å². The summed E-state index contributed by atoms with van der Waals surface area (Å²) in [6, 6.07) is 7.84. The Hall–Kier alpha value is -0.720. The highest BCUT2D eigenvalue weighted by molar-refractivity contribution is 5.85. The fraction of sp³-hybridized carbons (Fsp3) is 0.700. The summed E-state index contributed by atoms with van der Waals surface area (Å²) in [5.41, 5.74) is 0.374. The number of piperidine rings is 1. The summed E-state index contributed by atoms with van der Waals surface area (Å²) in [4.78, 5) is 5.29. The third kappa shape index (κ3) is 6.68. The Bertz CT molecular complexity index is 524. The first kappa shape index (κ1) is 24.3. The minimum Gasteiger partial charge on any atom is -0.497 e. The molecule has 0 aromatic heterocycles. The van der Waals surface area contributed by atoms with Crippen LogP contribution in [0.25, 0.3) is 0 Å². The van der Waals surface area contributed by atoms with Gasteiger partial charge in [0.15, 0.2) is 0 Å². The number of likely N-dealkylation sites (N-methyl/N-ethyl adjacent to an activating group) is 1. The van der Waals surface area contributed by atoms with Gasteiger partial charge >= 0.3 is 0 Å². The number of hydrogen-bond acceptors (Lipinski definition) is 5. The number of benzene rings is 1. The molecule has 0 bridgehead atoms. The average molecular weight is 420 g/mol. The van der Waals surface area contributed by atoms with Crippen molar-refractivity contribution in [2.75, 3.05) is 60.0 Å².